The molecule has 2 N–H and O–H groups in total. The Hall–Kier alpha value is -2.65. The molecule has 5 heteroatoms. The van der Waals surface area contributed by atoms with Gasteiger partial charge in [-0.3, -0.25) is 0 Å². The smallest absolute Gasteiger partial charge is 0.137 e. The highest BCUT2D eigenvalue weighted by molar-refractivity contribution is 6.08. The highest BCUT2D eigenvalue weighted by Crippen LogP contribution is 2.38. The van der Waals surface area contributed by atoms with E-state index in [9.17, 15) is 10.2 Å². The molecule has 2 heterocycles. The van der Waals surface area contributed by atoms with Gasteiger partial charge in [-0.05, 0) is 29.8 Å². The van der Waals surface area contributed by atoms with Crippen molar-refractivity contribution in [3.8, 4) is 6.07 Å². The van der Waals surface area contributed by atoms with Gasteiger partial charge in [-0.2, -0.15) is 5.26 Å². The lowest BCUT2D eigenvalue weighted by Gasteiger charge is -2.16. The summed E-state index contributed by atoms with van der Waals surface area (Å²) in [5, 5.41) is 30.4. The van der Waals surface area contributed by atoms with Gasteiger partial charge in [0, 0.05) is 23.3 Å². The molecule has 5 nitrogen and oxygen atoms in total. The lowest BCUT2D eigenvalue weighted by atomic mass is 10.1. The van der Waals surface area contributed by atoms with Crippen molar-refractivity contribution in [1.82, 2.24) is 4.57 Å². The fraction of sp³-hybridized carbons (Fsp3) is 0.250. The Morgan fingerprint density at radius 2 is 2.00 bits per heavy atom. The van der Waals surface area contributed by atoms with Crippen molar-refractivity contribution in [2.24, 2.45) is 0 Å². The topological polar surface area (TPSA) is 78.4 Å². The van der Waals surface area contributed by atoms with E-state index in [1.807, 2.05) is 36.4 Å². The van der Waals surface area contributed by atoms with Gasteiger partial charge in [0.1, 0.15) is 12.3 Å². The van der Waals surface area contributed by atoms with Crippen LogP contribution < -0.4 is 0 Å². The molecule has 3 aromatic rings. The van der Waals surface area contributed by atoms with Crippen LogP contribution in [0, 0.1) is 11.3 Å². The highest BCUT2D eigenvalue weighted by Gasteiger charge is 2.35. The number of nitrogens with zero attached hydrogens (tertiary/aromatic N) is 2. The number of hydrogen-bond donors (Lipinski definition) is 2. The van der Waals surface area contributed by atoms with Crippen LogP contribution >= 0.6 is 0 Å². The van der Waals surface area contributed by atoms with E-state index in [1.54, 1.807) is 6.08 Å². The van der Waals surface area contributed by atoms with Crippen molar-refractivity contribution in [1.29, 1.82) is 5.26 Å². The molecule has 0 saturated carbocycles. The second-order valence-corrected chi connectivity index (χ2v) is 6.24. The molecule has 0 spiro atoms. The first-order valence-electron chi connectivity index (χ1n) is 8.26. The van der Waals surface area contributed by atoms with E-state index in [0.717, 1.165) is 27.4 Å². The molecule has 126 valence electrons. The van der Waals surface area contributed by atoms with E-state index in [2.05, 4.69) is 16.7 Å². The maximum Gasteiger partial charge on any atom is 0.137 e. The number of benzene rings is 2. The van der Waals surface area contributed by atoms with Gasteiger partial charge < -0.3 is 19.5 Å². The van der Waals surface area contributed by atoms with E-state index in [0.29, 0.717) is 6.42 Å². The zero-order valence-corrected chi connectivity index (χ0v) is 13.5. The normalized spacial score (nSPS) is 23.6. The Labute approximate surface area is 145 Å². The average molecular weight is 334 g/mol. The monoisotopic (exact) mass is 334 g/mol. The zero-order chi connectivity index (χ0) is 17.4. The first-order chi connectivity index (χ1) is 12.2. The third-order valence-corrected chi connectivity index (χ3v) is 4.76. The second-order valence-electron chi connectivity index (χ2n) is 6.24. The Morgan fingerprint density at radius 1 is 1.20 bits per heavy atom. The molecule has 3 atom stereocenters. The van der Waals surface area contributed by atoms with Crippen LogP contribution in [-0.2, 0) is 4.74 Å². The Balaban J connectivity index is 1.91. The molecule has 25 heavy (non-hydrogen) atoms. The minimum Gasteiger partial charge on any atom is -0.394 e. The van der Waals surface area contributed by atoms with E-state index >= 15 is 0 Å². The van der Waals surface area contributed by atoms with Gasteiger partial charge in [-0.1, -0.05) is 24.3 Å². The fourth-order valence-corrected chi connectivity index (χ4v) is 3.61. The molecule has 0 unspecified atom stereocenters. The van der Waals surface area contributed by atoms with Crippen molar-refractivity contribution in [2.75, 3.05) is 6.61 Å². The number of hydrogen-bond acceptors (Lipinski definition) is 4. The number of nitriles is 1. The van der Waals surface area contributed by atoms with Gasteiger partial charge in [0.15, 0.2) is 0 Å². The van der Waals surface area contributed by atoms with E-state index in [4.69, 9.17) is 10.00 Å². The SMILES string of the molecule is N#C/C=C\c1ccc2c(c1)c1ccccc1n2[C@H]1C[C@H](O)[C@@H](CO)O1. The van der Waals surface area contributed by atoms with Crippen LogP contribution in [0.3, 0.4) is 0 Å². The lowest BCUT2D eigenvalue weighted by molar-refractivity contribution is -0.0416. The van der Waals surface area contributed by atoms with E-state index in [-0.39, 0.29) is 12.8 Å². The third-order valence-electron chi connectivity index (χ3n) is 4.76. The van der Waals surface area contributed by atoms with Crippen LogP contribution in [-0.4, -0.2) is 33.6 Å². The van der Waals surface area contributed by atoms with Crippen molar-refractivity contribution in [3.63, 3.8) is 0 Å². The number of allylic oxidation sites excluding steroid dienone is 1. The molecular formula is C20H18N2O3. The van der Waals surface area contributed by atoms with Crippen LogP contribution in [0.15, 0.2) is 48.5 Å². The molecule has 0 radical (unpaired) electrons. The summed E-state index contributed by atoms with van der Waals surface area (Å²) in [5.74, 6) is 0. The minimum absolute atomic E-state index is 0.197. The molecule has 0 bridgehead atoms. The number of aromatic nitrogens is 1. The minimum atomic E-state index is -0.677. The van der Waals surface area contributed by atoms with E-state index in [1.165, 1.54) is 6.08 Å². The zero-order valence-electron chi connectivity index (χ0n) is 13.5. The first-order valence-corrected chi connectivity index (χ1v) is 8.26. The number of para-hydroxylation sites is 1. The maximum absolute atomic E-state index is 10.1. The average Bonchev–Trinajstić information content (AvgIpc) is 3.17. The summed E-state index contributed by atoms with van der Waals surface area (Å²) in [7, 11) is 0. The summed E-state index contributed by atoms with van der Waals surface area (Å²) in [6.45, 7) is -0.197. The molecule has 2 aromatic carbocycles. The second kappa shape index (κ2) is 6.34. The maximum atomic E-state index is 10.1. The van der Waals surface area contributed by atoms with Crippen molar-refractivity contribution < 1.29 is 14.9 Å². The van der Waals surface area contributed by atoms with Crippen molar-refractivity contribution in [2.45, 2.75) is 24.9 Å². The summed E-state index contributed by atoms with van der Waals surface area (Å²) in [6, 6.07) is 16.1. The third kappa shape index (κ3) is 2.61. The number of fused-ring (bicyclic) bond motifs is 3. The fourth-order valence-electron chi connectivity index (χ4n) is 3.61. The quantitative estimate of drug-likeness (QED) is 0.722. The lowest BCUT2D eigenvalue weighted by Crippen LogP contribution is -2.24. The van der Waals surface area contributed by atoms with Crippen LogP contribution in [0.4, 0.5) is 0 Å². The summed E-state index contributed by atoms with van der Waals surface area (Å²) in [4.78, 5) is 0. The Kier molecular flexibility index (Phi) is 4.02. The summed E-state index contributed by atoms with van der Waals surface area (Å²) in [5.41, 5.74) is 2.98. The van der Waals surface area contributed by atoms with Crippen molar-refractivity contribution >= 4 is 27.9 Å². The summed E-state index contributed by atoms with van der Waals surface area (Å²) >= 11 is 0. The molecule has 1 saturated heterocycles. The van der Waals surface area contributed by atoms with Gasteiger partial charge in [0.05, 0.1) is 29.8 Å². The number of ether oxygens (including phenoxy) is 1. The molecule has 4 rings (SSSR count). The number of aliphatic hydroxyl groups is 2. The standard InChI is InChI=1S/C20H18N2O3/c21-9-3-4-13-7-8-17-15(10-13)14-5-1-2-6-16(14)22(17)20-11-18(24)19(12-23)25-20/h1-8,10,18-20,23-24H,11-12H2/b4-3-/t18-,19+,20+/m0/s1. The van der Waals surface area contributed by atoms with Crippen LogP contribution in [0.2, 0.25) is 0 Å². The molecule has 0 aliphatic carbocycles. The van der Waals surface area contributed by atoms with Gasteiger partial charge in [0.25, 0.3) is 0 Å². The van der Waals surface area contributed by atoms with Crippen molar-refractivity contribution in [3.05, 3.63) is 54.1 Å². The molecule has 0 amide bonds. The van der Waals surface area contributed by atoms with Crippen LogP contribution in [0.25, 0.3) is 27.9 Å². The Bertz CT molecular complexity index is 999. The molecule has 1 aromatic heterocycles. The number of aliphatic hydroxyl groups excluding tert-OH is 2. The predicted molar refractivity (Wildman–Crippen MR) is 95.7 cm³/mol. The molecule has 1 fully saturated rings. The van der Waals surface area contributed by atoms with Gasteiger partial charge in [0.2, 0.25) is 0 Å². The molecule has 1 aliphatic rings. The highest BCUT2D eigenvalue weighted by atomic mass is 16.5. The predicted octanol–water partition coefficient (Wildman–Crippen LogP) is 2.97. The first kappa shape index (κ1) is 15.9. The van der Waals surface area contributed by atoms with Gasteiger partial charge >= 0.3 is 0 Å². The summed E-state index contributed by atoms with van der Waals surface area (Å²) < 4.78 is 7.97. The molecular weight excluding hydrogens is 316 g/mol. The van der Waals surface area contributed by atoms with Crippen LogP contribution in [0.5, 0.6) is 0 Å². The molecule has 1 aliphatic heterocycles. The van der Waals surface area contributed by atoms with Crippen LogP contribution in [0.1, 0.15) is 18.2 Å². The summed E-state index contributed by atoms with van der Waals surface area (Å²) in [6.07, 6.45) is 2.12. The number of rotatable bonds is 3. The van der Waals surface area contributed by atoms with Gasteiger partial charge in [-0.15, -0.1) is 0 Å². The Morgan fingerprint density at radius 3 is 2.76 bits per heavy atom. The largest absolute Gasteiger partial charge is 0.394 e. The van der Waals surface area contributed by atoms with E-state index < -0.39 is 12.2 Å². The van der Waals surface area contributed by atoms with Gasteiger partial charge in [-0.25, -0.2) is 0 Å².